The van der Waals surface area contributed by atoms with Crippen LogP contribution in [0.2, 0.25) is 0 Å². The molecule has 8 heteroatoms. The summed E-state index contributed by atoms with van der Waals surface area (Å²) >= 11 is 0. The highest BCUT2D eigenvalue weighted by molar-refractivity contribution is 7.89. The van der Waals surface area contributed by atoms with Crippen molar-refractivity contribution in [2.45, 2.75) is 63.4 Å². The van der Waals surface area contributed by atoms with Gasteiger partial charge >= 0.3 is 0 Å². The summed E-state index contributed by atoms with van der Waals surface area (Å²) in [4.78, 5) is 12.6. The molecule has 7 nitrogen and oxygen atoms in total. The van der Waals surface area contributed by atoms with E-state index in [2.05, 4.69) is 26.1 Å². The molecule has 0 bridgehead atoms. The Morgan fingerprint density at radius 1 is 0.971 bits per heavy atom. The molecule has 1 aliphatic heterocycles. The highest BCUT2D eigenvalue weighted by atomic mass is 32.2. The van der Waals surface area contributed by atoms with Crippen molar-refractivity contribution in [1.29, 1.82) is 0 Å². The average molecular weight is 489 g/mol. The van der Waals surface area contributed by atoms with Gasteiger partial charge in [0, 0.05) is 13.1 Å². The first-order chi connectivity index (χ1) is 16.1. The zero-order valence-corrected chi connectivity index (χ0v) is 21.4. The van der Waals surface area contributed by atoms with Crippen LogP contribution in [-0.2, 0) is 20.2 Å². The molecule has 1 aliphatic rings. The first-order valence-electron chi connectivity index (χ1n) is 11.9. The van der Waals surface area contributed by atoms with Gasteiger partial charge in [-0.3, -0.25) is 4.79 Å². The van der Waals surface area contributed by atoms with Crippen molar-refractivity contribution < 1.29 is 22.7 Å². The number of hydrogen-bond donors (Lipinski definition) is 1. The van der Waals surface area contributed by atoms with E-state index in [1.165, 1.54) is 5.56 Å². The summed E-state index contributed by atoms with van der Waals surface area (Å²) < 4.78 is 38.4. The summed E-state index contributed by atoms with van der Waals surface area (Å²) in [5.74, 6) is 0.966. The lowest BCUT2D eigenvalue weighted by Gasteiger charge is -2.25. The number of sulfonamides is 1. The van der Waals surface area contributed by atoms with Crippen molar-refractivity contribution >= 4 is 15.9 Å². The van der Waals surface area contributed by atoms with Crippen molar-refractivity contribution in [2.75, 3.05) is 26.2 Å². The van der Waals surface area contributed by atoms with Crippen LogP contribution in [0.3, 0.4) is 0 Å². The van der Waals surface area contributed by atoms with Gasteiger partial charge in [-0.05, 0) is 67.1 Å². The third kappa shape index (κ3) is 6.96. The molecule has 0 saturated carbocycles. The lowest BCUT2D eigenvalue weighted by atomic mass is 9.87. The van der Waals surface area contributed by atoms with Gasteiger partial charge in [0.2, 0.25) is 10.0 Å². The number of ether oxygens (including phenoxy) is 2. The molecule has 34 heavy (non-hydrogen) atoms. The van der Waals surface area contributed by atoms with Crippen LogP contribution in [-0.4, -0.2) is 51.0 Å². The largest absolute Gasteiger partial charge is 0.492 e. The summed E-state index contributed by atoms with van der Waals surface area (Å²) in [7, 11) is -3.45. The van der Waals surface area contributed by atoms with Crippen LogP contribution in [0.15, 0.2) is 53.4 Å². The Morgan fingerprint density at radius 3 is 2.15 bits per heavy atom. The first kappa shape index (κ1) is 26.0. The third-order valence-corrected chi connectivity index (χ3v) is 7.76. The predicted molar refractivity (Wildman–Crippen MR) is 133 cm³/mol. The van der Waals surface area contributed by atoms with E-state index < -0.39 is 16.1 Å². The van der Waals surface area contributed by atoms with Crippen LogP contribution in [0, 0.1) is 0 Å². The Labute approximate surface area is 203 Å². The maximum absolute atomic E-state index is 12.7. The quantitative estimate of drug-likeness (QED) is 0.537. The Morgan fingerprint density at radius 2 is 1.56 bits per heavy atom. The van der Waals surface area contributed by atoms with Crippen molar-refractivity contribution in [3.63, 3.8) is 0 Å². The number of nitrogens with one attached hydrogen (secondary N) is 1. The topological polar surface area (TPSA) is 84.9 Å². The molecule has 0 radical (unpaired) electrons. The minimum Gasteiger partial charge on any atom is -0.492 e. The predicted octanol–water partition coefficient (Wildman–Crippen LogP) is 4.12. The fourth-order valence-electron chi connectivity index (χ4n) is 3.74. The van der Waals surface area contributed by atoms with E-state index in [-0.39, 0.29) is 22.8 Å². The highest BCUT2D eigenvalue weighted by Crippen LogP contribution is 2.25. The van der Waals surface area contributed by atoms with E-state index in [1.807, 2.05) is 24.3 Å². The summed E-state index contributed by atoms with van der Waals surface area (Å²) in [5, 5.41) is 2.80. The molecule has 3 rings (SSSR count). The van der Waals surface area contributed by atoms with Crippen LogP contribution in [0.1, 0.15) is 52.5 Å². The van der Waals surface area contributed by atoms with Gasteiger partial charge in [0.15, 0.2) is 6.10 Å². The molecule has 1 fully saturated rings. The SMILES string of the molecule is C[C@@H](Oc1ccc(C(C)(C)C)cc1)C(=O)NCCOc1ccc(S(=O)(=O)N2CCCCC2)cc1. The molecule has 1 amide bonds. The number of hydrogen-bond acceptors (Lipinski definition) is 5. The van der Waals surface area contributed by atoms with Gasteiger partial charge in [0.05, 0.1) is 11.4 Å². The zero-order valence-electron chi connectivity index (χ0n) is 20.5. The van der Waals surface area contributed by atoms with Crippen LogP contribution in [0.5, 0.6) is 11.5 Å². The molecule has 2 aromatic carbocycles. The van der Waals surface area contributed by atoms with Gasteiger partial charge in [-0.1, -0.05) is 39.3 Å². The maximum atomic E-state index is 12.7. The Kier molecular flexibility index (Phi) is 8.60. The second-order valence-corrected chi connectivity index (χ2v) is 11.5. The molecular formula is C26H36N2O5S. The summed E-state index contributed by atoms with van der Waals surface area (Å²) in [6, 6.07) is 14.2. The number of nitrogens with zero attached hydrogens (tertiary/aromatic N) is 1. The van der Waals surface area contributed by atoms with E-state index in [0.717, 1.165) is 19.3 Å². The van der Waals surface area contributed by atoms with Gasteiger partial charge in [0.25, 0.3) is 5.91 Å². The molecule has 1 N–H and O–H groups in total. The third-order valence-electron chi connectivity index (χ3n) is 5.85. The van der Waals surface area contributed by atoms with Crippen molar-refractivity contribution in [3.05, 3.63) is 54.1 Å². The number of carbonyl (C=O) groups excluding carboxylic acids is 1. The van der Waals surface area contributed by atoms with Crippen molar-refractivity contribution in [2.24, 2.45) is 0 Å². The van der Waals surface area contributed by atoms with Crippen molar-refractivity contribution in [3.8, 4) is 11.5 Å². The molecule has 1 saturated heterocycles. The monoisotopic (exact) mass is 488 g/mol. The van der Waals surface area contributed by atoms with Gasteiger partial charge in [0.1, 0.15) is 18.1 Å². The first-order valence-corrected chi connectivity index (χ1v) is 13.3. The number of rotatable bonds is 9. The Balaban J connectivity index is 1.42. The van der Waals surface area contributed by atoms with Gasteiger partial charge in [-0.25, -0.2) is 8.42 Å². The molecule has 186 valence electrons. The summed E-state index contributed by atoms with van der Waals surface area (Å²) in [6.07, 6.45) is 2.24. The summed E-state index contributed by atoms with van der Waals surface area (Å²) in [6.45, 7) is 9.86. The molecule has 0 aliphatic carbocycles. The highest BCUT2D eigenvalue weighted by Gasteiger charge is 2.25. The molecule has 0 unspecified atom stereocenters. The molecule has 1 atom stereocenters. The molecule has 0 spiro atoms. The molecule has 2 aromatic rings. The van der Waals surface area contributed by atoms with E-state index in [9.17, 15) is 13.2 Å². The van der Waals surface area contributed by atoms with Crippen LogP contribution in [0.25, 0.3) is 0 Å². The van der Waals surface area contributed by atoms with Gasteiger partial charge in [-0.15, -0.1) is 0 Å². The van der Waals surface area contributed by atoms with Gasteiger partial charge < -0.3 is 14.8 Å². The maximum Gasteiger partial charge on any atom is 0.260 e. The van der Waals surface area contributed by atoms with E-state index in [1.54, 1.807) is 35.5 Å². The van der Waals surface area contributed by atoms with Crippen molar-refractivity contribution in [1.82, 2.24) is 9.62 Å². The average Bonchev–Trinajstić information content (AvgIpc) is 2.82. The van der Waals surface area contributed by atoms with Crippen LogP contribution >= 0.6 is 0 Å². The lowest BCUT2D eigenvalue weighted by Crippen LogP contribution is -2.38. The zero-order chi connectivity index (χ0) is 24.8. The Hall–Kier alpha value is -2.58. The van der Waals surface area contributed by atoms with E-state index >= 15 is 0 Å². The van der Waals surface area contributed by atoms with E-state index in [0.29, 0.717) is 31.1 Å². The summed E-state index contributed by atoms with van der Waals surface area (Å²) in [5.41, 5.74) is 1.26. The number of benzene rings is 2. The number of piperidine rings is 1. The standard InChI is InChI=1S/C26H36N2O5S/c1-20(33-23-10-8-21(9-11-23)26(2,3)4)25(29)27-16-19-32-22-12-14-24(15-13-22)34(30,31)28-17-6-5-7-18-28/h8-15,20H,5-7,16-19H2,1-4H3,(H,27,29)/t20-/m1/s1. The fraction of sp³-hybridized carbons (Fsp3) is 0.500. The normalized spacial score (nSPS) is 16.0. The van der Waals surface area contributed by atoms with Crippen LogP contribution in [0.4, 0.5) is 0 Å². The second kappa shape index (κ2) is 11.2. The minimum atomic E-state index is -3.45. The molecule has 0 aromatic heterocycles. The van der Waals surface area contributed by atoms with Gasteiger partial charge in [-0.2, -0.15) is 4.31 Å². The number of amides is 1. The lowest BCUT2D eigenvalue weighted by molar-refractivity contribution is -0.127. The number of carbonyl (C=O) groups is 1. The van der Waals surface area contributed by atoms with E-state index in [4.69, 9.17) is 9.47 Å². The molecular weight excluding hydrogens is 452 g/mol. The second-order valence-electron chi connectivity index (χ2n) is 9.61. The fourth-order valence-corrected chi connectivity index (χ4v) is 5.26. The molecule has 1 heterocycles. The smallest absolute Gasteiger partial charge is 0.260 e. The minimum absolute atomic E-state index is 0.0589. The van der Waals surface area contributed by atoms with Crippen LogP contribution < -0.4 is 14.8 Å². The Bertz CT molecular complexity index is 1040.